The third-order valence-electron chi connectivity index (χ3n) is 2.00. The summed E-state index contributed by atoms with van der Waals surface area (Å²) in [6, 6.07) is 0. The lowest BCUT2D eigenvalue weighted by atomic mass is 9.94. The van der Waals surface area contributed by atoms with E-state index in [2.05, 4.69) is 0 Å². The second-order valence-electron chi connectivity index (χ2n) is 2.86. The van der Waals surface area contributed by atoms with Crippen molar-refractivity contribution in [2.75, 3.05) is 13.2 Å². The average Bonchev–Trinajstić information content (AvgIpc) is 2.15. The first-order valence-corrected chi connectivity index (χ1v) is 3.75. The van der Waals surface area contributed by atoms with Gasteiger partial charge in [-0.15, -0.1) is 0 Å². The zero-order valence-corrected chi connectivity index (χ0v) is 6.38. The quantitative estimate of drug-likeness (QED) is 0.536. The van der Waals surface area contributed by atoms with E-state index in [1.54, 1.807) is 0 Å². The fraction of sp³-hybridized carbons (Fsp3) is 0.857. The van der Waals surface area contributed by atoms with Crippen molar-refractivity contribution in [2.24, 2.45) is 5.73 Å². The van der Waals surface area contributed by atoms with E-state index in [9.17, 15) is 9.90 Å². The number of carbonyl (C=O) groups excluding carboxylic acids is 1. The van der Waals surface area contributed by atoms with Crippen LogP contribution in [0.2, 0.25) is 0 Å². The van der Waals surface area contributed by atoms with Crippen LogP contribution in [0.4, 0.5) is 0 Å². The lowest BCUT2D eigenvalue weighted by Crippen LogP contribution is -2.43. The summed E-state index contributed by atoms with van der Waals surface area (Å²) < 4.78 is 5.07. The van der Waals surface area contributed by atoms with Crippen LogP contribution < -0.4 is 5.73 Å². The van der Waals surface area contributed by atoms with Gasteiger partial charge in [-0.05, 0) is 12.8 Å². The minimum Gasteiger partial charge on any atom is -0.381 e. The number of amides is 1. The van der Waals surface area contributed by atoms with Crippen molar-refractivity contribution < 1.29 is 14.6 Å². The van der Waals surface area contributed by atoms with E-state index in [0.29, 0.717) is 32.5 Å². The molecule has 0 spiro atoms. The molecule has 1 saturated heterocycles. The Labute approximate surface area is 65.3 Å². The topological polar surface area (TPSA) is 72.6 Å². The highest BCUT2D eigenvalue weighted by atomic mass is 16.5. The van der Waals surface area contributed by atoms with Crippen molar-refractivity contribution in [3.05, 3.63) is 0 Å². The number of carbonyl (C=O) groups is 1. The molecule has 1 aliphatic heterocycles. The molecule has 0 saturated carbocycles. The van der Waals surface area contributed by atoms with Gasteiger partial charge in [0.25, 0.3) is 0 Å². The van der Waals surface area contributed by atoms with E-state index in [1.165, 1.54) is 0 Å². The van der Waals surface area contributed by atoms with Crippen LogP contribution in [0.5, 0.6) is 0 Å². The third-order valence-corrected chi connectivity index (χ3v) is 2.00. The van der Waals surface area contributed by atoms with Crippen molar-refractivity contribution in [2.45, 2.75) is 24.9 Å². The molecule has 1 fully saturated rings. The Morgan fingerprint density at radius 2 is 2.18 bits per heavy atom. The summed E-state index contributed by atoms with van der Waals surface area (Å²) in [5, 5.41) is 9.57. The molecule has 0 aliphatic carbocycles. The van der Waals surface area contributed by atoms with Crippen LogP contribution in [0.3, 0.4) is 0 Å². The Bertz CT molecular complexity index is 150. The molecule has 1 amide bonds. The van der Waals surface area contributed by atoms with Crippen LogP contribution in [0.25, 0.3) is 0 Å². The lowest BCUT2D eigenvalue weighted by molar-refractivity contribution is -0.137. The van der Waals surface area contributed by atoms with Crippen LogP contribution in [0, 0.1) is 0 Å². The molecule has 0 aromatic carbocycles. The molecule has 1 aliphatic rings. The zero-order chi connectivity index (χ0) is 8.32. The normalized spacial score (nSPS) is 32.8. The molecule has 64 valence electrons. The molecule has 1 unspecified atom stereocenters. The summed E-state index contributed by atoms with van der Waals surface area (Å²) in [6.45, 7) is 1.02. The van der Waals surface area contributed by atoms with Crippen LogP contribution >= 0.6 is 0 Å². The Morgan fingerprint density at radius 1 is 1.45 bits per heavy atom. The predicted molar refractivity (Wildman–Crippen MR) is 38.8 cm³/mol. The van der Waals surface area contributed by atoms with Gasteiger partial charge in [0.1, 0.15) is 5.60 Å². The van der Waals surface area contributed by atoms with Gasteiger partial charge in [-0.25, -0.2) is 0 Å². The molecule has 1 heterocycles. The summed E-state index contributed by atoms with van der Waals surface area (Å²) in [4.78, 5) is 10.7. The molecule has 0 bridgehead atoms. The second kappa shape index (κ2) is 3.19. The Morgan fingerprint density at radius 3 is 2.82 bits per heavy atom. The zero-order valence-electron chi connectivity index (χ0n) is 6.38. The molecule has 0 aromatic rings. The average molecular weight is 159 g/mol. The van der Waals surface area contributed by atoms with Gasteiger partial charge >= 0.3 is 0 Å². The fourth-order valence-electron chi connectivity index (χ4n) is 1.18. The van der Waals surface area contributed by atoms with Crippen molar-refractivity contribution >= 4 is 5.91 Å². The number of primary amides is 1. The lowest BCUT2D eigenvalue weighted by Gasteiger charge is -2.20. The highest BCUT2D eigenvalue weighted by molar-refractivity contribution is 5.83. The van der Waals surface area contributed by atoms with E-state index < -0.39 is 11.5 Å². The predicted octanol–water partition coefficient (Wildman–Crippen LogP) is -0.597. The molecule has 4 heteroatoms. The van der Waals surface area contributed by atoms with Crippen LogP contribution in [-0.2, 0) is 9.53 Å². The number of hydrogen-bond acceptors (Lipinski definition) is 3. The first-order valence-electron chi connectivity index (χ1n) is 3.75. The van der Waals surface area contributed by atoms with Crippen LogP contribution in [0.1, 0.15) is 19.3 Å². The Hall–Kier alpha value is -0.610. The van der Waals surface area contributed by atoms with Gasteiger partial charge in [-0.1, -0.05) is 0 Å². The summed E-state index contributed by atoms with van der Waals surface area (Å²) in [6.07, 6.45) is 1.43. The van der Waals surface area contributed by atoms with Gasteiger partial charge in [-0.2, -0.15) is 0 Å². The van der Waals surface area contributed by atoms with E-state index >= 15 is 0 Å². The summed E-state index contributed by atoms with van der Waals surface area (Å²) >= 11 is 0. The minimum absolute atomic E-state index is 0.322. The maximum absolute atomic E-state index is 10.7. The summed E-state index contributed by atoms with van der Waals surface area (Å²) in [5.74, 6) is -0.636. The molecule has 1 atom stereocenters. The van der Waals surface area contributed by atoms with E-state index in [1.807, 2.05) is 0 Å². The van der Waals surface area contributed by atoms with E-state index in [-0.39, 0.29) is 0 Å². The smallest absolute Gasteiger partial charge is 0.249 e. The fourth-order valence-corrected chi connectivity index (χ4v) is 1.18. The maximum Gasteiger partial charge on any atom is 0.249 e. The molecule has 4 nitrogen and oxygen atoms in total. The molecule has 11 heavy (non-hydrogen) atoms. The van der Waals surface area contributed by atoms with Crippen molar-refractivity contribution in [3.8, 4) is 0 Å². The molecular weight excluding hydrogens is 146 g/mol. The van der Waals surface area contributed by atoms with Gasteiger partial charge in [0.05, 0.1) is 0 Å². The van der Waals surface area contributed by atoms with E-state index in [0.717, 1.165) is 0 Å². The number of nitrogens with two attached hydrogens (primary N) is 1. The summed E-state index contributed by atoms with van der Waals surface area (Å²) in [7, 11) is 0. The number of ether oxygens (including phenoxy) is 1. The van der Waals surface area contributed by atoms with Crippen LogP contribution in [-0.4, -0.2) is 29.8 Å². The third kappa shape index (κ3) is 1.91. The monoisotopic (exact) mass is 159 g/mol. The van der Waals surface area contributed by atoms with Gasteiger partial charge in [0.15, 0.2) is 0 Å². The van der Waals surface area contributed by atoms with Crippen LogP contribution in [0.15, 0.2) is 0 Å². The van der Waals surface area contributed by atoms with Crippen molar-refractivity contribution in [3.63, 3.8) is 0 Å². The number of hydrogen-bond donors (Lipinski definition) is 2. The Balaban J connectivity index is 2.59. The molecule has 1 rings (SSSR count). The van der Waals surface area contributed by atoms with Gasteiger partial charge in [0, 0.05) is 19.6 Å². The number of aliphatic hydroxyl groups is 1. The van der Waals surface area contributed by atoms with Crippen molar-refractivity contribution in [1.29, 1.82) is 0 Å². The minimum atomic E-state index is -1.32. The van der Waals surface area contributed by atoms with Gasteiger partial charge in [0.2, 0.25) is 5.91 Å². The van der Waals surface area contributed by atoms with Crippen molar-refractivity contribution in [1.82, 2.24) is 0 Å². The van der Waals surface area contributed by atoms with Gasteiger partial charge in [-0.3, -0.25) is 4.79 Å². The first kappa shape index (κ1) is 8.49. The molecular formula is C7H13NO3. The molecule has 0 aromatic heterocycles. The SMILES string of the molecule is NC(=O)C1(O)CCCOCC1. The first-order chi connectivity index (χ1) is 5.15. The largest absolute Gasteiger partial charge is 0.381 e. The number of rotatable bonds is 1. The Kier molecular flexibility index (Phi) is 2.46. The second-order valence-corrected chi connectivity index (χ2v) is 2.86. The molecule has 3 N–H and O–H groups in total. The maximum atomic E-state index is 10.7. The molecule has 0 radical (unpaired) electrons. The van der Waals surface area contributed by atoms with Gasteiger partial charge < -0.3 is 15.6 Å². The highest BCUT2D eigenvalue weighted by Crippen LogP contribution is 2.20. The van der Waals surface area contributed by atoms with E-state index in [4.69, 9.17) is 10.5 Å². The summed E-state index contributed by atoms with van der Waals surface area (Å²) in [5.41, 5.74) is 3.70. The standard InChI is InChI=1S/C7H13NO3/c8-6(9)7(10)2-1-4-11-5-3-7/h10H,1-5H2,(H2,8,9). The highest BCUT2D eigenvalue weighted by Gasteiger charge is 2.34.